The van der Waals surface area contributed by atoms with E-state index in [0.717, 1.165) is 44.1 Å². The molecule has 0 atom stereocenters. The maximum absolute atomic E-state index is 11.9. The topological polar surface area (TPSA) is 67.2 Å². The number of tetrazole rings is 1. The van der Waals surface area contributed by atoms with Crippen LogP contribution in [0, 0.1) is 0 Å². The van der Waals surface area contributed by atoms with E-state index >= 15 is 0 Å². The summed E-state index contributed by atoms with van der Waals surface area (Å²) < 4.78 is 1.77. The molecule has 0 bridgehead atoms. The van der Waals surface area contributed by atoms with Crippen molar-refractivity contribution in [1.29, 1.82) is 0 Å². The fourth-order valence-corrected chi connectivity index (χ4v) is 2.80. The Morgan fingerprint density at radius 2 is 1.87 bits per heavy atom. The zero-order valence-electron chi connectivity index (χ0n) is 13.4. The van der Waals surface area contributed by atoms with E-state index < -0.39 is 0 Å². The van der Waals surface area contributed by atoms with Crippen molar-refractivity contribution < 1.29 is 4.79 Å². The molecule has 3 rings (SSSR count). The molecule has 0 saturated carbocycles. The summed E-state index contributed by atoms with van der Waals surface area (Å²) in [6.07, 6.45) is 1.55. The summed E-state index contributed by atoms with van der Waals surface area (Å²) >= 11 is 0. The molecule has 7 heteroatoms. The van der Waals surface area contributed by atoms with Gasteiger partial charge in [-0.1, -0.05) is 25.1 Å². The van der Waals surface area contributed by atoms with Gasteiger partial charge in [0.05, 0.1) is 12.2 Å². The molecule has 1 amide bonds. The molecular weight excluding hydrogens is 292 g/mol. The molecule has 0 aliphatic carbocycles. The van der Waals surface area contributed by atoms with Gasteiger partial charge < -0.3 is 4.90 Å². The van der Waals surface area contributed by atoms with E-state index in [1.54, 1.807) is 4.68 Å². The van der Waals surface area contributed by atoms with Crippen molar-refractivity contribution in [2.75, 3.05) is 26.2 Å². The molecule has 7 nitrogen and oxygen atoms in total. The van der Waals surface area contributed by atoms with Gasteiger partial charge in [-0.05, 0) is 29.0 Å². The van der Waals surface area contributed by atoms with Gasteiger partial charge in [0, 0.05) is 32.6 Å². The van der Waals surface area contributed by atoms with Crippen LogP contribution in [-0.4, -0.2) is 62.1 Å². The zero-order chi connectivity index (χ0) is 16.1. The van der Waals surface area contributed by atoms with Crippen LogP contribution in [-0.2, 0) is 11.3 Å². The van der Waals surface area contributed by atoms with Gasteiger partial charge in [0.2, 0.25) is 5.91 Å². The van der Waals surface area contributed by atoms with Crippen molar-refractivity contribution in [2.24, 2.45) is 0 Å². The summed E-state index contributed by atoms with van der Waals surface area (Å²) in [6.45, 7) is 6.01. The summed E-state index contributed by atoms with van der Waals surface area (Å²) in [4.78, 5) is 16.2. The largest absolute Gasteiger partial charge is 0.340 e. The molecule has 0 unspecified atom stereocenters. The van der Waals surface area contributed by atoms with Crippen LogP contribution in [0.2, 0.25) is 0 Å². The molecule has 1 aromatic carbocycles. The smallest absolute Gasteiger partial charge is 0.222 e. The fourth-order valence-electron chi connectivity index (χ4n) is 2.80. The number of benzene rings is 1. The van der Waals surface area contributed by atoms with Crippen LogP contribution in [0.5, 0.6) is 0 Å². The number of rotatable bonds is 5. The van der Waals surface area contributed by atoms with Crippen molar-refractivity contribution in [3.8, 4) is 5.69 Å². The number of carbonyl (C=O) groups is 1. The second kappa shape index (κ2) is 7.32. The summed E-state index contributed by atoms with van der Waals surface area (Å²) in [5, 5.41) is 12.0. The first-order valence-corrected chi connectivity index (χ1v) is 8.10. The van der Waals surface area contributed by atoms with Crippen LogP contribution in [0.15, 0.2) is 30.3 Å². The minimum atomic E-state index is 0.265. The average molecular weight is 314 g/mol. The molecule has 2 heterocycles. The SMILES string of the molecule is CCCC(=O)N1CCN(Cc2nnnn2-c2ccccc2)CC1. The first-order valence-electron chi connectivity index (χ1n) is 8.10. The highest BCUT2D eigenvalue weighted by molar-refractivity contribution is 5.76. The molecule has 1 saturated heterocycles. The third kappa shape index (κ3) is 3.73. The number of hydrogen-bond acceptors (Lipinski definition) is 5. The van der Waals surface area contributed by atoms with Crippen LogP contribution in [0.4, 0.5) is 0 Å². The van der Waals surface area contributed by atoms with Crippen molar-refractivity contribution in [1.82, 2.24) is 30.0 Å². The Labute approximate surface area is 135 Å². The third-order valence-electron chi connectivity index (χ3n) is 4.09. The Morgan fingerprint density at radius 3 is 2.57 bits per heavy atom. The lowest BCUT2D eigenvalue weighted by molar-refractivity contribution is -0.133. The van der Waals surface area contributed by atoms with Gasteiger partial charge in [0.25, 0.3) is 0 Å². The van der Waals surface area contributed by atoms with E-state index in [1.807, 2.05) is 42.2 Å². The van der Waals surface area contributed by atoms with Gasteiger partial charge >= 0.3 is 0 Å². The molecule has 1 aliphatic heterocycles. The zero-order valence-corrected chi connectivity index (χ0v) is 13.4. The van der Waals surface area contributed by atoms with Crippen LogP contribution in [0.1, 0.15) is 25.6 Å². The normalized spacial score (nSPS) is 15.8. The number of carbonyl (C=O) groups excluding carboxylic acids is 1. The van der Waals surface area contributed by atoms with Crippen molar-refractivity contribution in [3.05, 3.63) is 36.2 Å². The fraction of sp³-hybridized carbons (Fsp3) is 0.500. The molecule has 1 aliphatic rings. The van der Waals surface area contributed by atoms with E-state index in [1.165, 1.54) is 0 Å². The Morgan fingerprint density at radius 1 is 1.13 bits per heavy atom. The molecule has 122 valence electrons. The molecular formula is C16H22N6O. The highest BCUT2D eigenvalue weighted by atomic mass is 16.2. The van der Waals surface area contributed by atoms with Crippen LogP contribution >= 0.6 is 0 Å². The summed E-state index contributed by atoms with van der Waals surface area (Å²) in [6, 6.07) is 9.89. The van der Waals surface area contributed by atoms with Crippen molar-refractivity contribution in [2.45, 2.75) is 26.3 Å². The van der Waals surface area contributed by atoms with E-state index in [0.29, 0.717) is 13.0 Å². The van der Waals surface area contributed by atoms with E-state index in [4.69, 9.17) is 0 Å². The highest BCUT2D eigenvalue weighted by Gasteiger charge is 2.22. The van der Waals surface area contributed by atoms with Crippen LogP contribution in [0.25, 0.3) is 5.69 Å². The molecule has 1 fully saturated rings. The average Bonchev–Trinajstić information content (AvgIpc) is 3.05. The molecule has 2 aromatic rings. The number of nitrogens with zero attached hydrogens (tertiary/aromatic N) is 6. The lowest BCUT2D eigenvalue weighted by Crippen LogP contribution is -2.48. The first-order chi connectivity index (χ1) is 11.3. The van der Waals surface area contributed by atoms with E-state index in [2.05, 4.69) is 20.4 Å². The lowest BCUT2D eigenvalue weighted by atomic mass is 10.2. The molecule has 23 heavy (non-hydrogen) atoms. The van der Waals surface area contributed by atoms with Crippen LogP contribution < -0.4 is 0 Å². The molecule has 0 spiro atoms. The quantitative estimate of drug-likeness (QED) is 0.827. The number of para-hydroxylation sites is 1. The summed E-state index contributed by atoms with van der Waals surface area (Å²) in [7, 11) is 0. The minimum absolute atomic E-state index is 0.265. The van der Waals surface area contributed by atoms with E-state index in [9.17, 15) is 4.79 Å². The van der Waals surface area contributed by atoms with Gasteiger partial charge in [-0.25, -0.2) is 0 Å². The Bertz CT molecular complexity index is 633. The van der Waals surface area contributed by atoms with Gasteiger partial charge in [0.1, 0.15) is 0 Å². The second-order valence-corrected chi connectivity index (χ2v) is 5.75. The van der Waals surface area contributed by atoms with Gasteiger partial charge in [-0.2, -0.15) is 4.68 Å². The monoisotopic (exact) mass is 314 g/mol. The Hall–Kier alpha value is -2.28. The summed E-state index contributed by atoms with van der Waals surface area (Å²) in [5.41, 5.74) is 0.962. The second-order valence-electron chi connectivity index (χ2n) is 5.75. The molecule has 0 N–H and O–H groups in total. The van der Waals surface area contributed by atoms with Gasteiger partial charge in [-0.15, -0.1) is 5.10 Å². The van der Waals surface area contributed by atoms with E-state index in [-0.39, 0.29) is 5.91 Å². The number of hydrogen-bond donors (Lipinski definition) is 0. The third-order valence-corrected chi connectivity index (χ3v) is 4.09. The minimum Gasteiger partial charge on any atom is -0.340 e. The van der Waals surface area contributed by atoms with Gasteiger partial charge in [0.15, 0.2) is 5.82 Å². The highest BCUT2D eigenvalue weighted by Crippen LogP contribution is 2.11. The number of aromatic nitrogens is 4. The molecule has 0 radical (unpaired) electrons. The number of amides is 1. The Kier molecular flexibility index (Phi) is 4.97. The lowest BCUT2D eigenvalue weighted by Gasteiger charge is -2.34. The van der Waals surface area contributed by atoms with Crippen LogP contribution in [0.3, 0.4) is 0 Å². The Balaban J connectivity index is 1.60. The number of piperazine rings is 1. The predicted octanol–water partition coefficient (Wildman–Crippen LogP) is 1.11. The predicted molar refractivity (Wildman–Crippen MR) is 85.9 cm³/mol. The molecule has 1 aromatic heterocycles. The summed E-state index contributed by atoms with van der Waals surface area (Å²) in [5.74, 6) is 1.09. The first kappa shape index (κ1) is 15.6. The van der Waals surface area contributed by atoms with Gasteiger partial charge in [-0.3, -0.25) is 9.69 Å². The van der Waals surface area contributed by atoms with Crippen molar-refractivity contribution >= 4 is 5.91 Å². The van der Waals surface area contributed by atoms with Crippen molar-refractivity contribution in [3.63, 3.8) is 0 Å². The maximum Gasteiger partial charge on any atom is 0.222 e. The standard InChI is InChI=1S/C16H22N6O/c1-2-6-16(23)21-11-9-20(10-12-21)13-15-17-18-19-22(15)14-7-4-3-5-8-14/h3-5,7-8H,2,6,9-13H2,1H3. The maximum atomic E-state index is 11.9.